The summed E-state index contributed by atoms with van der Waals surface area (Å²) in [7, 11) is 0. The van der Waals surface area contributed by atoms with E-state index in [9.17, 15) is 17.6 Å². The molecular formula is C15H13F4NO. The Bertz CT molecular complexity index is 620. The van der Waals surface area contributed by atoms with E-state index in [2.05, 4.69) is 4.74 Å². The number of rotatable bonds is 3. The summed E-state index contributed by atoms with van der Waals surface area (Å²) in [5.41, 5.74) is 5.54. The average Bonchev–Trinajstić information content (AvgIpc) is 2.37. The largest absolute Gasteiger partial charge is 0.573 e. The van der Waals surface area contributed by atoms with Crippen molar-refractivity contribution in [1.29, 1.82) is 0 Å². The molecule has 0 radical (unpaired) electrons. The Balaban J connectivity index is 2.47. The van der Waals surface area contributed by atoms with Crippen molar-refractivity contribution in [2.75, 3.05) is 0 Å². The highest BCUT2D eigenvalue weighted by Crippen LogP contribution is 2.35. The third-order valence-electron chi connectivity index (χ3n) is 3.12. The monoisotopic (exact) mass is 299 g/mol. The second kappa shape index (κ2) is 5.37. The number of nitrogens with two attached hydrogens (primary N) is 1. The fourth-order valence-electron chi connectivity index (χ4n) is 2.06. The third kappa shape index (κ3) is 3.52. The molecule has 0 spiro atoms. The number of para-hydroxylation sites is 1. The summed E-state index contributed by atoms with van der Waals surface area (Å²) in [5.74, 6) is -0.825. The van der Waals surface area contributed by atoms with Crippen molar-refractivity contribution in [2.45, 2.75) is 18.8 Å². The van der Waals surface area contributed by atoms with Crippen molar-refractivity contribution < 1.29 is 22.3 Å². The number of alkyl halides is 3. The van der Waals surface area contributed by atoms with Crippen LogP contribution in [-0.4, -0.2) is 6.36 Å². The number of hydrogen-bond donors (Lipinski definition) is 1. The van der Waals surface area contributed by atoms with Gasteiger partial charge in [-0.15, -0.1) is 13.2 Å². The first-order valence-electron chi connectivity index (χ1n) is 6.10. The van der Waals surface area contributed by atoms with E-state index in [0.717, 1.165) is 0 Å². The average molecular weight is 299 g/mol. The summed E-state index contributed by atoms with van der Waals surface area (Å²) in [6.07, 6.45) is -4.81. The van der Waals surface area contributed by atoms with Crippen LogP contribution in [-0.2, 0) is 5.54 Å². The second-order valence-electron chi connectivity index (χ2n) is 4.75. The normalized spacial score (nSPS) is 14.6. The fraction of sp³-hybridized carbons (Fsp3) is 0.200. The SMILES string of the molecule is CC(N)(c1ccc(F)cc1)c1ccccc1OC(F)(F)F. The highest BCUT2D eigenvalue weighted by atomic mass is 19.4. The van der Waals surface area contributed by atoms with E-state index in [-0.39, 0.29) is 11.3 Å². The van der Waals surface area contributed by atoms with E-state index >= 15 is 0 Å². The molecule has 1 unspecified atom stereocenters. The van der Waals surface area contributed by atoms with Gasteiger partial charge in [-0.05, 0) is 30.7 Å². The van der Waals surface area contributed by atoms with Gasteiger partial charge in [-0.3, -0.25) is 0 Å². The summed E-state index contributed by atoms with van der Waals surface area (Å²) in [6.45, 7) is 1.54. The van der Waals surface area contributed by atoms with Gasteiger partial charge in [0.05, 0.1) is 5.54 Å². The molecule has 0 bridgehead atoms. The van der Waals surface area contributed by atoms with Crippen molar-refractivity contribution in [1.82, 2.24) is 0 Å². The summed E-state index contributed by atoms with van der Waals surface area (Å²) < 4.78 is 54.3. The number of halogens is 4. The van der Waals surface area contributed by atoms with Gasteiger partial charge >= 0.3 is 6.36 Å². The van der Waals surface area contributed by atoms with Gasteiger partial charge in [0.25, 0.3) is 0 Å². The van der Waals surface area contributed by atoms with Gasteiger partial charge in [0.2, 0.25) is 0 Å². The number of hydrogen-bond acceptors (Lipinski definition) is 2. The standard InChI is InChI=1S/C15H13F4NO/c1-14(20,10-6-8-11(16)9-7-10)12-4-2-3-5-13(12)21-15(17,18)19/h2-9H,20H2,1H3. The molecule has 0 aliphatic heterocycles. The molecule has 0 aliphatic rings. The summed E-state index contributed by atoms with van der Waals surface area (Å²) in [4.78, 5) is 0. The Labute approximate surface area is 119 Å². The van der Waals surface area contributed by atoms with Gasteiger partial charge < -0.3 is 10.5 Å². The first kappa shape index (κ1) is 15.3. The summed E-state index contributed by atoms with van der Waals surface area (Å²) >= 11 is 0. The first-order valence-corrected chi connectivity index (χ1v) is 6.10. The van der Waals surface area contributed by atoms with Crippen LogP contribution < -0.4 is 10.5 Å². The summed E-state index contributed by atoms with van der Waals surface area (Å²) in [5, 5.41) is 0. The van der Waals surface area contributed by atoms with E-state index in [1.165, 1.54) is 42.5 Å². The molecule has 21 heavy (non-hydrogen) atoms. The predicted molar refractivity (Wildman–Crippen MR) is 70.2 cm³/mol. The fourth-order valence-corrected chi connectivity index (χ4v) is 2.06. The molecule has 0 aliphatic carbocycles. The quantitative estimate of drug-likeness (QED) is 0.871. The van der Waals surface area contributed by atoms with Crippen molar-refractivity contribution in [3.63, 3.8) is 0 Å². The number of ether oxygens (including phenoxy) is 1. The third-order valence-corrected chi connectivity index (χ3v) is 3.12. The molecule has 1 atom stereocenters. The van der Waals surface area contributed by atoms with Crippen LogP contribution in [0.1, 0.15) is 18.1 Å². The summed E-state index contributed by atoms with van der Waals surface area (Å²) in [6, 6.07) is 10.9. The molecule has 2 aromatic carbocycles. The van der Waals surface area contributed by atoms with Gasteiger partial charge in [0, 0.05) is 5.56 Å². The lowest BCUT2D eigenvalue weighted by atomic mass is 9.85. The van der Waals surface area contributed by atoms with Crippen LogP contribution in [0.4, 0.5) is 17.6 Å². The van der Waals surface area contributed by atoms with Crippen molar-refractivity contribution in [3.05, 3.63) is 65.5 Å². The lowest BCUT2D eigenvalue weighted by Crippen LogP contribution is -2.35. The maximum absolute atomic E-state index is 13.0. The minimum atomic E-state index is -4.81. The Morgan fingerprint density at radius 1 is 0.952 bits per heavy atom. The van der Waals surface area contributed by atoms with E-state index in [1.54, 1.807) is 13.0 Å². The Kier molecular flexibility index (Phi) is 3.91. The highest BCUT2D eigenvalue weighted by molar-refractivity contribution is 5.45. The lowest BCUT2D eigenvalue weighted by Gasteiger charge is -2.28. The van der Waals surface area contributed by atoms with Gasteiger partial charge in [0.1, 0.15) is 11.6 Å². The number of benzene rings is 2. The van der Waals surface area contributed by atoms with Crippen molar-refractivity contribution in [3.8, 4) is 5.75 Å². The minimum Gasteiger partial charge on any atom is -0.405 e. The van der Waals surface area contributed by atoms with Crippen molar-refractivity contribution >= 4 is 0 Å². The molecule has 0 saturated heterocycles. The topological polar surface area (TPSA) is 35.2 Å². The molecule has 0 amide bonds. The van der Waals surface area contributed by atoms with E-state index in [4.69, 9.17) is 5.73 Å². The van der Waals surface area contributed by atoms with E-state index in [1.807, 2.05) is 0 Å². The Hall–Kier alpha value is -2.08. The van der Waals surface area contributed by atoms with Gasteiger partial charge in [0.15, 0.2) is 0 Å². The molecule has 0 fully saturated rings. The van der Waals surface area contributed by atoms with Crippen molar-refractivity contribution in [2.24, 2.45) is 5.73 Å². The Morgan fingerprint density at radius 3 is 2.10 bits per heavy atom. The van der Waals surface area contributed by atoms with Crippen LogP contribution in [0.2, 0.25) is 0 Å². The molecule has 2 aromatic rings. The molecule has 2 rings (SSSR count). The van der Waals surface area contributed by atoms with E-state index < -0.39 is 17.7 Å². The van der Waals surface area contributed by atoms with Crippen LogP contribution in [0, 0.1) is 5.82 Å². The highest BCUT2D eigenvalue weighted by Gasteiger charge is 2.35. The molecule has 0 saturated carbocycles. The molecule has 0 aromatic heterocycles. The van der Waals surface area contributed by atoms with Crippen LogP contribution in [0.15, 0.2) is 48.5 Å². The van der Waals surface area contributed by atoms with Crippen LogP contribution in [0.25, 0.3) is 0 Å². The van der Waals surface area contributed by atoms with Gasteiger partial charge in [-0.1, -0.05) is 30.3 Å². The minimum absolute atomic E-state index is 0.161. The van der Waals surface area contributed by atoms with Crippen LogP contribution in [0.5, 0.6) is 5.75 Å². The molecule has 2 N–H and O–H groups in total. The molecule has 6 heteroatoms. The maximum Gasteiger partial charge on any atom is 0.573 e. The van der Waals surface area contributed by atoms with E-state index in [0.29, 0.717) is 5.56 Å². The Morgan fingerprint density at radius 2 is 1.52 bits per heavy atom. The first-order chi connectivity index (χ1) is 9.70. The van der Waals surface area contributed by atoms with Gasteiger partial charge in [-0.25, -0.2) is 4.39 Å². The second-order valence-corrected chi connectivity index (χ2v) is 4.75. The zero-order valence-corrected chi connectivity index (χ0v) is 11.1. The molecule has 2 nitrogen and oxygen atoms in total. The molecular weight excluding hydrogens is 286 g/mol. The maximum atomic E-state index is 13.0. The zero-order valence-electron chi connectivity index (χ0n) is 11.1. The van der Waals surface area contributed by atoms with Crippen LogP contribution in [0.3, 0.4) is 0 Å². The van der Waals surface area contributed by atoms with Crippen LogP contribution >= 0.6 is 0 Å². The predicted octanol–water partition coefficient (Wildman–Crippen LogP) is 3.95. The zero-order chi connectivity index (χ0) is 15.7. The lowest BCUT2D eigenvalue weighted by molar-refractivity contribution is -0.275. The molecule has 0 heterocycles. The smallest absolute Gasteiger partial charge is 0.405 e. The molecule has 112 valence electrons. The van der Waals surface area contributed by atoms with Gasteiger partial charge in [-0.2, -0.15) is 0 Å².